The summed E-state index contributed by atoms with van der Waals surface area (Å²) in [6, 6.07) is 54.6. The van der Waals surface area contributed by atoms with Crippen LogP contribution in [0.1, 0.15) is 349 Å². The summed E-state index contributed by atoms with van der Waals surface area (Å²) in [6.45, 7) is 25.0. The van der Waals surface area contributed by atoms with Crippen molar-refractivity contribution in [2.24, 2.45) is 29.6 Å². The summed E-state index contributed by atoms with van der Waals surface area (Å²) in [5.74, 6) is 0.117. The van der Waals surface area contributed by atoms with Crippen molar-refractivity contribution in [3.63, 3.8) is 0 Å². The van der Waals surface area contributed by atoms with Crippen LogP contribution in [0.2, 0.25) is 0 Å². The van der Waals surface area contributed by atoms with Gasteiger partial charge in [0.05, 0.1) is 77.5 Å². The molecule has 117 heavy (non-hydrogen) atoms. The Morgan fingerprint density at radius 1 is 0.222 bits per heavy atom. The van der Waals surface area contributed by atoms with Crippen molar-refractivity contribution in [2.75, 3.05) is 33.0 Å². The second-order valence-electron chi connectivity index (χ2n) is 31.9. The number of hydrogen-bond acceptors (Lipinski definition) is 16. The van der Waals surface area contributed by atoms with Gasteiger partial charge in [0.25, 0.3) is 0 Å². The van der Waals surface area contributed by atoms with Gasteiger partial charge < -0.3 is 37.9 Å². The van der Waals surface area contributed by atoms with Gasteiger partial charge in [0.15, 0.2) is 0 Å². The van der Waals surface area contributed by atoms with E-state index in [0.717, 1.165) is 111 Å². The Balaban J connectivity index is 0.000000328. The second-order valence-corrected chi connectivity index (χ2v) is 31.9. The SMILES string of the molecule is CC(C)CCCCCCCOC(=O)c1cccc(C(=O)OCCCCCCC(C)C)c1.CC(C)CCCCCCCOC(=O)c1cccc(C(=O)OCc2ccccc2)c1.CC(C)CCCCCCOC(=O)c1cccc(C(=O)OCc2ccccc2)c1.CCCCCC(CCC)COC(=O)c1cccc(C(=O)OCc2ccccc2)c1. The van der Waals surface area contributed by atoms with E-state index in [1.54, 1.807) is 84.9 Å². The van der Waals surface area contributed by atoms with Gasteiger partial charge in [-0.05, 0) is 158 Å². The fourth-order valence-electron chi connectivity index (χ4n) is 12.6. The van der Waals surface area contributed by atoms with Crippen LogP contribution in [0.15, 0.2) is 188 Å². The van der Waals surface area contributed by atoms with Gasteiger partial charge in [-0.25, -0.2) is 38.4 Å². The van der Waals surface area contributed by atoms with E-state index in [4.69, 9.17) is 37.9 Å². The standard InChI is InChI=1S/C27H44O4.2C25H32O4.C24H30O4/c1-22(2)15-10-6-5-8-12-19-30-26(28)24-17-14-18-25(21-24)27(29)31-20-13-9-7-11-16-23(3)4;1-20(2)12-7-4-3-5-10-17-28-24(26)22-15-11-16-23(18-22)25(27)29-19-21-13-8-6-9-14-21;1-3-5-7-12-20(11-4-2)18-28-24(26)22-15-10-16-23(17-22)25(27)29-19-21-13-8-6-9-14-21;1-19(2)11-6-3-4-9-16-27-23(25)21-14-10-15-22(17-21)24(26)28-18-20-12-7-5-8-13-20/h14,17-18,21-23H,5-13,15-16,19-20H2,1-4H3;6,8-9,11,13-16,18,20H,3-5,7,10,12,17,19H2,1-2H3;6,8-10,13-17,20H,3-5,7,11-12,18-19H2,1-2H3;5,7-8,10,12-15,17,19H,3-4,6,9,11,16,18H2,1-2H3. The van der Waals surface area contributed by atoms with Crippen molar-refractivity contribution in [1.29, 1.82) is 0 Å². The molecule has 0 saturated heterocycles. The molecule has 0 aromatic heterocycles. The minimum atomic E-state index is -0.455. The maximum Gasteiger partial charge on any atom is 0.338 e. The fourth-order valence-corrected chi connectivity index (χ4v) is 12.6. The molecule has 7 aromatic carbocycles. The lowest BCUT2D eigenvalue weighted by molar-refractivity contribution is 0.0418. The highest BCUT2D eigenvalue weighted by molar-refractivity contribution is 5.98. The Labute approximate surface area is 701 Å². The quantitative estimate of drug-likeness (QED) is 0.0197. The van der Waals surface area contributed by atoms with Crippen LogP contribution in [-0.4, -0.2) is 80.8 Å². The highest BCUT2D eigenvalue weighted by atomic mass is 16.6. The van der Waals surface area contributed by atoms with Crippen LogP contribution in [-0.2, 0) is 57.7 Å². The third kappa shape index (κ3) is 47.3. The van der Waals surface area contributed by atoms with Gasteiger partial charge in [-0.15, -0.1) is 0 Å². The van der Waals surface area contributed by atoms with Gasteiger partial charge in [-0.3, -0.25) is 0 Å². The van der Waals surface area contributed by atoms with Crippen LogP contribution >= 0.6 is 0 Å². The molecule has 0 spiro atoms. The number of benzene rings is 7. The summed E-state index contributed by atoms with van der Waals surface area (Å²) in [6.07, 6.45) is 31.8. The van der Waals surface area contributed by atoms with Gasteiger partial charge in [0.1, 0.15) is 19.8 Å². The highest BCUT2D eigenvalue weighted by Gasteiger charge is 2.19. The average Bonchev–Trinajstić information content (AvgIpc) is 0.882. The Morgan fingerprint density at radius 2 is 0.444 bits per heavy atom. The predicted molar refractivity (Wildman–Crippen MR) is 467 cm³/mol. The van der Waals surface area contributed by atoms with Gasteiger partial charge in [-0.1, -0.05) is 326 Å². The zero-order valence-electron chi connectivity index (χ0n) is 72.3. The Bertz CT molecular complexity index is 3860. The molecule has 0 aliphatic heterocycles. The average molecular weight is 1610 g/mol. The van der Waals surface area contributed by atoms with E-state index in [1.165, 1.54) is 121 Å². The Hall–Kier alpha value is -9.70. The number of unbranched alkanes of at least 4 members (excludes halogenated alkanes) is 16. The Morgan fingerprint density at radius 3 is 0.684 bits per heavy atom. The van der Waals surface area contributed by atoms with Crippen LogP contribution in [0.5, 0.6) is 0 Å². The lowest BCUT2D eigenvalue weighted by Crippen LogP contribution is -2.15. The lowest BCUT2D eigenvalue weighted by Gasteiger charge is -2.16. The molecule has 7 aromatic rings. The normalized spacial score (nSPS) is 11.1. The molecular weight excluding hydrogens is 1470 g/mol. The molecule has 0 fully saturated rings. The topological polar surface area (TPSA) is 210 Å². The lowest BCUT2D eigenvalue weighted by atomic mass is 9.97. The molecular formula is C101H138O16. The van der Waals surface area contributed by atoms with Crippen LogP contribution in [0.25, 0.3) is 0 Å². The number of hydrogen-bond donors (Lipinski definition) is 0. The molecule has 0 aliphatic carbocycles. The molecule has 0 heterocycles. The van der Waals surface area contributed by atoms with Crippen LogP contribution in [0, 0.1) is 29.6 Å². The number of esters is 8. The van der Waals surface area contributed by atoms with Gasteiger partial charge >= 0.3 is 47.8 Å². The summed E-state index contributed by atoms with van der Waals surface area (Å²) >= 11 is 0. The molecule has 0 bridgehead atoms. The first kappa shape index (κ1) is 99.7. The minimum absolute atomic E-state index is 0.199. The van der Waals surface area contributed by atoms with Gasteiger partial charge in [0, 0.05) is 0 Å². The molecule has 16 nitrogen and oxygen atoms in total. The third-order valence-corrected chi connectivity index (χ3v) is 19.5. The van der Waals surface area contributed by atoms with E-state index >= 15 is 0 Å². The van der Waals surface area contributed by atoms with Crippen LogP contribution < -0.4 is 0 Å². The molecule has 0 saturated carbocycles. The molecule has 7 rings (SSSR count). The van der Waals surface area contributed by atoms with Crippen molar-refractivity contribution >= 4 is 47.8 Å². The van der Waals surface area contributed by atoms with Crippen molar-refractivity contribution in [3.8, 4) is 0 Å². The molecule has 1 atom stereocenters. The molecule has 0 radical (unpaired) electrons. The summed E-state index contributed by atoms with van der Waals surface area (Å²) < 4.78 is 42.9. The molecule has 16 heteroatoms. The van der Waals surface area contributed by atoms with Crippen LogP contribution in [0.3, 0.4) is 0 Å². The number of carbonyl (C=O) groups excluding carboxylic acids is 8. The van der Waals surface area contributed by atoms with Gasteiger partial charge in [-0.2, -0.15) is 0 Å². The van der Waals surface area contributed by atoms with E-state index in [2.05, 4.69) is 69.2 Å². The molecule has 0 aliphatic rings. The van der Waals surface area contributed by atoms with E-state index in [9.17, 15) is 38.4 Å². The van der Waals surface area contributed by atoms with E-state index in [0.29, 0.717) is 83.5 Å². The largest absolute Gasteiger partial charge is 0.462 e. The fraction of sp³-hybridized carbons (Fsp3) is 0.505. The zero-order valence-corrected chi connectivity index (χ0v) is 72.3. The summed E-state index contributed by atoms with van der Waals surface area (Å²) in [7, 11) is 0. The minimum Gasteiger partial charge on any atom is -0.462 e. The maximum absolute atomic E-state index is 12.5. The highest BCUT2D eigenvalue weighted by Crippen LogP contribution is 2.22. The molecule has 638 valence electrons. The molecule has 0 N–H and O–H groups in total. The number of carbonyl (C=O) groups is 8. The summed E-state index contributed by atoms with van der Waals surface area (Å²) in [5, 5.41) is 0. The van der Waals surface area contributed by atoms with Crippen LogP contribution in [0.4, 0.5) is 0 Å². The van der Waals surface area contributed by atoms with Gasteiger partial charge in [0.2, 0.25) is 0 Å². The smallest absolute Gasteiger partial charge is 0.338 e. The third-order valence-electron chi connectivity index (χ3n) is 19.5. The Kier molecular flexibility index (Phi) is 53.3. The first-order valence-corrected chi connectivity index (χ1v) is 43.5. The molecule has 0 amide bonds. The maximum atomic E-state index is 12.5. The second kappa shape index (κ2) is 62.5. The monoisotopic (exact) mass is 1610 g/mol. The summed E-state index contributed by atoms with van der Waals surface area (Å²) in [5.41, 5.74) is 5.72. The number of rotatable bonds is 52. The first-order valence-electron chi connectivity index (χ1n) is 43.5. The predicted octanol–water partition coefficient (Wildman–Crippen LogP) is 25.8. The summed E-state index contributed by atoms with van der Waals surface area (Å²) in [4.78, 5) is 98.2. The first-order chi connectivity index (χ1) is 56.6. The van der Waals surface area contributed by atoms with E-state index in [-0.39, 0.29) is 37.7 Å². The zero-order chi connectivity index (χ0) is 84.9. The van der Waals surface area contributed by atoms with E-state index in [1.807, 2.05) is 91.0 Å². The van der Waals surface area contributed by atoms with Crippen molar-refractivity contribution in [2.45, 2.75) is 269 Å². The number of ether oxygens (including phenoxy) is 8. The van der Waals surface area contributed by atoms with Crippen molar-refractivity contribution < 1.29 is 76.3 Å². The van der Waals surface area contributed by atoms with Crippen molar-refractivity contribution in [3.05, 3.63) is 249 Å². The molecule has 1 unspecified atom stereocenters. The van der Waals surface area contributed by atoms with Crippen molar-refractivity contribution in [1.82, 2.24) is 0 Å². The van der Waals surface area contributed by atoms with E-state index < -0.39 is 29.8 Å².